The largest absolute Gasteiger partial charge is 0.360 e. The molecule has 0 atom stereocenters. The van der Waals surface area contributed by atoms with E-state index in [-0.39, 0.29) is 5.91 Å². The van der Waals surface area contributed by atoms with E-state index in [0.29, 0.717) is 12.2 Å². The van der Waals surface area contributed by atoms with E-state index in [9.17, 15) is 4.79 Å². The van der Waals surface area contributed by atoms with Crippen molar-refractivity contribution >= 4 is 28.1 Å². The molecule has 0 aliphatic heterocycles. The molecule has 2 heterocycles. The fraction of sp³-hybridized carbons (Fsp3) is 0.0526. The smallest absolute Gasteiger partial charge is 0.271 e. The molecular formula is C19H15N3OS. The van der Waals surface area contributed by atoms with Gasteiger partial charge in [0.1, 0.15) is 10.7 Å². The minimum Gasteiger partial charge on any atom is -0.360 e. The average molecular weight is 333 g/mol. The molecule has 0 aliphatic carbocycles. The molecule has 0 saturated heterocycles. The maximum atomic E-state index is 12.3. The summed E-state index contributed by atoms with van der Waals surface area (Å²) in [6.45, 7) is 0.500. The lowest BCUT2D eigenvalue weighted by Gasteiger charge is -2.02. The molecule has 4 rings (SSSR count). The second-order valence-electron chi connectivity index (χ2n) is 5.45. The highest BCUT2D eigenvalue weighted by Crippen LogP contribution is 2.30. The highest BCUT2D eigenvalue weighted by molar-refractivity contribution is 7.13. The van der Waals surface area contributed by atoms with Crippen molar-refractivity contribution in [1.29, 1.82) is 0 Å². The van der Waals surface area contributed by atoms with Crippen LogP contribution in [0.4, 0.5) is 0 Å². The highest BCUT2D eigenvalue weighted by Gasteiger charge is 2.14. The Morgan fingerprint density at radius 1 is 1.08 bits per heavy atom. The highest BCUT2D eigenvalue weighted by atomic mass is 32.1. The van der Waals surface area contributed by atoms with Crippen molar-refractivity contribution in [3.05, 3.63) is 77.4 Å². The number of hydrogen-bond acceptors (Lipinski definition) is 3. The Morgan fingerprint density at radius 2 is 1.88 bits per heavy atom. The van der Waals surface area contributed by atoms with E-state index in [0.717, 1.165) is 27.0 Å². The number of H-pyrrole nitrogens is 1. The third kappa shape index (κ3) is 2.81. The topological polar surface area (TPSA) is 57.8 Å². The number of amides is 1. The monoisotopic (exact) mass is 333 g/mol. The van der Waals surface area contributed by atoms with Gasteiger partial charge in [0.05, 0.1) is 0 Å². The van der Waals surface area contributed by atoms with E-state index in [4.69, 9.17) is 0 Å². The molecule has 24 heavy (non-hydrogen) atoms. The van der Waals surface area contributed by atoms with E-state index >= 15 is 0 Å². The van der Waals surface area contributed by atoms with Crippen molar-refractivity contribution in [2.24, 2.45) is 0 Å². The SMILES string of the molecule is O=C(NCc1ccccc1)c1csc(-c2c[nH]c3ccccc23)n1. The number of hydrogen-bond donors (Lipinski definition) is 2. The van der Waals surface area contributed by atoms with Crippen LogP contribution in [-0.4, -0.2) is 15.9 Å². The van der Waals surface area contributed by atoms with Gasteiger partial charge in [-0.1, -0.05) is 48.5 Å². The van der Waals surface area contributed by atoms with Crippen LogP contribution in [0.2, 0.25) is 0 Å². The zero-order chi connectivity index (χ0) is 16.4. The third-order valence-corrected chi connectivity index (χ3v) is 4.73. The minimum absolute atomic E-state index is 0.152. The second-order valence-corrected chi connectivity index (χ2v) is 6.31. The summed E-state index contributed by atoms with van der Waals surface area (Å²) in [5.74, 6) is -0.152. The van der Waals surface area contributed by atoms with E-state index in [1.807, 2.05) is 54.7 Å². The van der Waals surface area contributed by atoms with Gasteiger partial charge >= 0.3 is 0 Å². The van der Waals surface area contributed by atoms with Crippen LogP contribution in [-0.2, 0) is 6.54 Å². The summed E-state index contributed by atoms with van der Waals surface area (Å²) >= 11 is 1.48. The lowest BCUT2D eigenvalue weighted by Crippen LogP contribution is -2.23. The lowest BCUT2D eigenvalue weighted by molar-refractivity contribution is 0.0946. The van der Waals surface area contributed by atoms with Crippen LogP contribution in [0.25, 0.3) is 21.5 Å². The van der Waals surface area contributed by atoms with Gasteiger partial charge in [0.2, 0.25) is 0 Å². The van der Waals surface area contributed by atoms with Gasteiger partial charge in [0.15, 0.2) is 0 Å². The molecular weight excluding hydrogens is 318 g/mol. The Kier molecular flexibility index (Phi) is 3.84. The maximum Gasteiger partial charge on any atom is 0.271 e. The number of para-hydroxylation sites is 1. The first-order valence-electron chi connectivity index (χ1n) is 7.65. The van der Waals surface area contributed by atoms with Gasteiger partial charge in [-0.2, -0.15) is 0 Å². The number of fused-ring (bicyclic) bond motifs is 1. The average Bonchev–Trinajstić information content (AvgIpc) is 3.27. The maximum absolute atomic E-state index is 12.3. The molecule has 0 fully saturated rings. The quantitative estimate of drug-likeness (QED) is 0.587. The number of aromatic amines is 1. The van der Waals surface area contributed by atoms with Crippen LogP contribution < -0.4 is 5.32 Å². The van der Waals surface area contributed by atoms with Crippen molar-refractivity contribution in [1.82, 2.24) is 15.3 Å². The molecule has 0 radical (unpaired) electrons. The van der Waals surface area contributed by atoms with Gasteiger partial charge in [-0.15, -0.1) is 11.3 Å². The number of rotatable bonds is 4. The number of thiazole rings is 1. The van der Waals surface area contributed by atoms with Crippen LogP contribution in [0.5, 0.6) is 0 Å². The first-order chi connectivity index (χ1) is 11.8. The fourth-order valence-electron chi connectivity index (χ4n) is 2.62. The third-order valence-electron chi connectivity index (χ3n) is 3.85. The van der Waals surface area contributed by atoms with Crippen molar-refractivity contribution in [3.63, 3.8) is 0 Å². The number of carbonyl (C=O) groups is 1. The van der Waals surface area contributed by atoms with E-state index < -0.39 is 0 Å². The summed E-state index contributed by atoms with van der Waals surface area (Å²) in [4.78, 5) is 20.0. The van der Waals surface area contributed by atoms with Gasteiger partial charge in [-0.3, -0.25) is 4.79 Å². The summed E-state index contributed by atoms with van der Waals surface area (Å²) in [6, 6.07) is 17.9. The fourth-order valence-corrected chi connectivity index (χ4v) is 3.45. The Balaban J connectivity index is 1.53. The summed E-state index contributed by atoms with van der Waals surface area (Å²) < 4.78 is 0. The van der Waals surface area contributed by atoms with Gasteiger partial charge in [0.25, 0.3) is 5.91 Å². The first kappa shape index (κ1) is 14.7. The molecule has 118 valence electrons. The number of carbonyl (C=O) groups excluding carboxylic acids is 1. The van der Waals surface area contributed by atoms with E-state index in [1.54, 1.807) is 5.38 Å². The number of benzene rings is 2. The zero-order valence-electron chi connectivity index (χ0n) is 12.8. The molecule has 2 N–H and O–H groups in total. The zero-order valence-corrected chi connectivity index (χ0v) is 13.6. The Morgan fingerprint density at radius 3 is 2.75 bits per heavy atom. The normalized spacial score (nSPS) is 10.8. The van der Waals surface area contributed by atoms with Gasteiger partial charge in [-0.25, -0.2) is 4.98 Å². The minimum atomic E-state index is -0.152. The Bertz CT molecular complexity index is 988. The molecule has 0 spiro atoms. The second kappa shape index (κ2) is 6.29. The lowest BCUT2D eigenvalue weighted by atomic mass is 10.2. The molecule has 2 aromatic heterocycles. The van der Waals surface area contributed by atoms with Gasteiger partial charge in [-0.05, 0) is 11.6 Å². The standard InChI is InChI=1S/C19H15N3OS/c23-18(21-10-13-6-2-1-3-7-13)17-12-24-19(22-17)15-11-20-16-9-5-4-8-14(15)16/h1-9,11-12,20H,10H2,(H,21,23). The number of aromatic nitrogens is 2. The summed E-state index contributed by atoms with van der Waals surface area (Å²) in [6.07, 6.45) is 1.94. The summed E-state index contributed by atoms with van der Waals surface area (Å²) in [5, 5.41) is 6.67. The number of nitrogens with zero attached hydrogens (tertiary/aromatic N) is 1. The first-order valence-corrected chi connectivity index (χ1v) is 8.53. The van der Waals surface area contributed by atoms with Crippen LogP contribution in [0.1, 0.15) is 16.1 Å². The van der Waals surface area contributed by atoms with Gasteiger partial charge in [0, 0.05) is 34.6 Å². The Hall–Kier alpha value is -2.92. The molecule has 5 heteroatoms. The molecule has 4 aromatic rings. The van der Waals surface area contributed by atoms with Crippen molar-refractivity contribution in [2.45, 2.75) is 6.54 Å². The van der Waals surface area contributed by atoms with Crippen molar-refractivity contribution in [2.75, 3.05) is 0 Å². The predicted molar refractivity (Wildman–Crippen MR) is 97.0 cm³/mol. The molecule has 0 aliphatic rings. The van der Waals surface area contributed by atoms with Crippen molar-refractivity contribution < 1.29 is 4.79 Å². The predicted octanol–water partition coefficient (Wildman–Crippen LogP) is 4.22. The van der Waals surface area contributed by atoms with Crippen LogP contribution in [0.15, 0.2) is 66.2 Å². The Labute approximate surface area is 143 Å². The molecule has 1 amide bonds. The number of nitrogens with one attached hydrogen (secondary N) is 2. The molecule has 0 bridgehead atoms. The molecule has 2 aromatic carbocycles. The van der Waals surface area contributed by atoms with E-state index in [1.165, 1.54) is 11.3 Å². The summed E-state index contributed by atoms with van der Waals surface area (Å²) in [7, 11) is 0. The molecule has 4 nitrogen and oxygen atoms in total. The van der Waals surface area contributed by atoms with Crippen LogP contribution >= 0.6 is 11.3 Å². The van der Waals surface area contributed by atoms with Gasteiger partial charge < -0.3 is 10.3 Å². The molecule has 0 saturated carbocycles. The van der Waals surface area contributed by atoms with Crippen molar-refractivity contribution in [3.8, 4) is 10.6 Å². The molecule has 0 unspecified atom stereocenters. The van der Waals surface area contributed by atoms with Crippen LogP contribution in [0.3, 0.4) is 0 Å². The summed E-state index contributed by atoms with van der Waals surface area (Å²) in [5.41, 5.74) is 3.62. The van der Waals surface area contributed by atoms with Crippen LogP contribution in [0, 0.1) is 0 Å². The van der Waals surface area contributed by atoms with E-state index in [2.05, 4.69) is 21.4 Å².